The molecular formula is C17H14F4N2O2. The normalized spacial score (nSPS) is 11.1. The minimum Gasteiger partial charge on any atom is -0.324 e. The summed E-state index contributed by atoms with van der Waals surface area (Å²) in [6.45, 7) is 0.418. The van der Waals surface area contributed by atoms with Crippen LogP contribution in [0.2, 0.25) is 0 Å². The molecule has 0 atom stereocenters. The number of carbonyl (C=O) groups is 2. The third-order valence-electron chi connectivity index (χ3n) is 3.29. The van der Waals surface area contributed by atoms with E-state index in [9.17, 15) is 27.2 Å². The van der Waals surface area contributed by atoms with Gasteiger partial charge in [0.2, 0.25) is 11.8 Å². The maximum absolute atomic E-state index is 13.1. The van der Waals surface area contributed by atoms with E-state index in [1.165, 1.54) is 30.3 Å². The van der Waals surface area contributed by atoms with Gasteiger partial charge in [0, 0.05) is 12.6 Å². The Labute approximate surface area is 141 Å². The first-order valence-electron chi connectivity index (χ1n) is 7.18. The van der Waals surface area contributed by atoms with E-state index in [1.54, 1.807) is 0 Å². The zero-order valence-electron chi connectivity index (χ0n) is 13.1. The number of benzene rings is 2. The highest BCUT2D eigenvalue weighted by atomic mass is 19.4. The largest absolute Gasteiger partial charge is 0.418 e. The minimum atomic E-state index is -4.68. The molecule has 0 saturated carbocycles. The second-order valence-electron chi connectivity index (χ2n) is 5.18. The molecule has 0 aromatic heterocycles. The van der Waals surface area contributed by atoms with E-state index in [2.05, 4.69) is 5.32 Å². The molecule has 0 unspecified atom stereocenters. The van der Waals surface area contributed by atoms with E-state index >= 15 is 0 Å². The predicted octanol–water partition coefficient (Wildman–Crippen LogP) is 3.84. The van der Waals surface area contributed by atoms with Gasteiger partial charge in [-0.05, 0) is 30.3 Å². The Balaban J connectivity index is 2.25. The first kappa shape index (κ1) is 18.4. The van der Waals surface area contributed by atoms with Crippen molar-refractivity contribution in [3.8, 4) is 0 Å². The summed E-state index contributed by atoms with van der Waals surface area (Å²) in [5.74, 6) is -2.06. The molecule has 8 heteroatoms. The zero-order valence-corrected chi connectivity index (χ0v) is 13.1. The number of hydrogen-bond acceptors (Lipinski definition) is 2. The molecule has 1 N–H and O–H groups in total. The van der Waals surface area contributed by atoms with Crippen molar-refractivity contribution in [3.63, 3.8) is 0 Å². The van der Waals surface area contributed by atoms with Crippen LogP contribution in [0.15, 0.2) is 48.5 Å². The van der Waals surface area contributed by atoms with E-state index in [0.717, 1.165) is 30.0 Å². The fourth-order valence-corrected chi connectivity index (χ4v) is 2.23. The van der Waals surface area contributed by atoms with E-state index in [1.807, 2.05) is 0 Å². The van der Waals surface area contributed by atoms with Crippen molar-refractivity contribution in [2.75, 3.05) is 16.8 Å². The van der Waals surface area contributed by atoms with Gasteiger partial charge in [0.15, 0.2) is 0 Å². The lowest BCUT2D eigenvalue weighted by atomic mass is 10.1. The van der Waals surface area contributed by atoms with Crippen molar-refractivity contribution in [1.29, 1.82) is 0 Å². The number of nitrogens with one attached hydrogen (secondary N) is 1. The second kappa shape index (κ2) is 7.33. The number of amides is 2. The van der Waals surface area contributed by atoms with Gasteiger partial charge in [-0.15, -0.1) is 0 Å². The first-order chi connectivity index (χ1) is 11.7. The maximum Gasteiger partial charge on any atom is 0.418 e. The molecule has 2 aromatic carbocycles. The highest BCUT2D eigenvalue weighted by molar-refractivity contribution is 6.02. The first-order valence-corrected chi connectivity index (χ1v) is 7.18. The summed E-state index contributed by atoms with van der Waals surface area (Å²) in [5.41, 5.74) is -1.31. The highest BCUT2D eigenvalue weighted by Crippen LogP contribution is 2.36. The molecule has 2 amide bonds. The van der Waals surface area contributed by atoms with Crippen LogP contribution in [0.3, 0.4) is 0 Å². The molecule has 0 bridgehead atoms. The number of hydrogen-bond donors (Lipinski definition) is 1. The summed E-state index contributed by atoms with van der Waals surface area (Å²) in [7, 11) is 0. The summed E-state index contributed by atoms with van der Waals surface area (Å²) >= 11 is 0. The van der Waals surface area contributed by atoms with E-state index < -0.39 is 41.6 Å². The van der Waals surface area contributed by atoms with Crippen molar-refractivity contribution < 1.29 is 27.2 Å². The van der Waals surface area contributed by atoms with Gasteiger partial charge in [0.05, 0.1) is 11.3 Å². The Morgan fingerprint density at radius 1 is 1.08 bits per heavy atom. The molecule has 0 radical (unpaired) electrons. The van der Waals surface area contributed by atoms with Gasteiger partial charge in [-0.1, -0.05) is 18.2 Å². The molecule has 0 fully saturated rings. The molecule has 4 nitrogen and oxygen atoms in total. The maximum atomic E-state index is 13.1. The van der Waals surface area contributed by atoms with E-state index in [0.29, 0.717) is 0 Å². The predicted molar refractivity (Wildman–Crippen MR) is 84.5 cm³/mol. The number of nitrogens with zero attached hydrogens (tertiary/aromatic N) is 1. The fraction of sp³-hybridized carbons (Fsp3) is 0.176. The average molecular weight is 354 g/mol. The lowest BCUT2D eigenvalue weighted by Gasteiger charge is -2.24. The monoisotopic (exact) mass is 354 g/mol. The third-order valence-corrected chi connectivity index (χ3v) is 3.29. The average Bonchev–Trinajstić information content (AvgIpc) is 2.51. The Bertz CT molecular complexity index is 790. The smallest absolute Gasteiger partial charge is 0.324 e. The van der Waals surface area contributed by atoms with Crippen LogP contribution < -0.4 is 10.2 Å². The van der Waals surface area contributed by atoms with E-state index in [4.69, 9.17) is 0 Å². The molecule has 0 saturated heterocycles. The quantitative estimate of drug-likeness (QED) is 0.849. The summed E-state index contributed by atoms with van der Waals surface area (Å²) in [6, 6.07) is 9.49. The minimum absolute atomic E-state index is 0.137. The molecule has 25 heavy (non-hydrogen) atoms. The molecule has 132 valence electrons. The van der Waals surface area contributed by atoms with Gasteiger partial charge in [-0.25, -0.2) is 4.39 Å². The van der Waals surface area contributed by atoms with Crippen LogP contribution >= 0.6 is 0 Å². The number of halogens is 4. The van der Waals surface area contributed by atoms with Crippen LogP contribution in [0.25, 0.3) is 0 Å². The Hall–Kier alpha value is -2.90. The van der Waals surface area contributed by atoms with Crippen LogP contribution in [-0.4, -0.2) is 18.4 Å². The van der Waals surface area contributed by atoms with Crippen LogP contribution in [0.4, 0.5) is 28.9 Å². The van der Waals surface area contributed by atoms with Crippen molar-refractivity contribution in [2.24, 2.45) is 0 Å². The number of anilines is 2. The van der Waals surface area contributed by atoms with Gasteiger partial charge in [0.25, 0.3) is 0 Å². The standard InChI is InChI=1S/C17H14F4N2O2/c1-11(24)23(15-8-3-2-7-14(15)17(19,20)21)10-16(25)22-13-6-4-5-12(18)9-13/h2-9H,10H2,1H3,(H,22,25). The third kappa shape index (κ3) is 4.79. The van der Waals surface area contributed by atoms with Gasteiger partial charge in [-0.3, -0.25) is 9.59 Å². The second-order valence-corrected chi connectivity index (χ2v) is 5.18. The zero-order chi connectivity index (χ0) is 18.6. The lowest BCUT2D eigenvalue weighted by Crippen LogP contribution is -2.37. The van der Waals surface area contributed by atoms with Crippen LogP contribution in [0, 0.1) is 5.82 Å². The molecule has 0 aliphatic rings. The number of para-hydroxylation sites is 1. The van der Waals surface area contributed by atoms with Crippen molar-refractivity contribution in [3.05, 3.63) is 59.9 Å². The lowest BCUT2D eigenvalue weighted by molar-refractivity contribution is -0.137. The van der Waals surface area contributed by atoms with Crippen LogP contribution in [0.1, 0.15) is 12.5 Å². The van der Waals surface area contributed by atoms with Crippen molar-refractivity contribution >= 4 is 23.2 Å². The molecule has 0 heterocycles. The Morgan fingerprint density at radius 2 is 1.76 bits per heavy atom. The number of carbonyl (C=O) groups excluding carboxylic acids is 2. The number of alkyl halides is 3. The summed E-state index contributed by atoms with van der Waals surface area (Å²) < 4.78 is 52.5. The SMILES string of the molecule is CC(=O)N(CC(=O)Nc1cccc(F)c1)c1ccccc1C(F)(F)F. The van der Waals surface area contributed by atoms with E-state index in [-0.39, 0.29) is 5.69 Å². The van der Waals surface area contributed by atoms with Gasteiger partial charge < -0.3 is 10.2 Å². The molecule has 2 rings (SSSR count). The molecular weight excluding hydrogens is 340 g/mol. The topological polar surface area (TPSA) is 49.4 Å². The molecule has 0 spiro atoms. The van der Waals surface area contributed by atoms with Crippen molar-refractivity contribution in [1.82, 2.24) is 0 Å². The summed E-state index contributed by atoms with van der Waals surface area (Å²) in [6.07, 6.45) is -4.68. The van der Waals surface area contributed by atoms with Gasteiger partial charge in [-0.2, -0.15) is 13.2 Å². The summed E-state index contributed by atoms with van der Waals surface area (Å²) in [4.78, 5) is 24.6. The van der Waals surface area contributed by atoms with Gasteiger partial charge >= 0.3 is 6.18 Å². The highest BCUT2D eigenvalue weighted by Gasteiger charge is 2.35. The Kier molecular flexibility index (Phi) is 5.41. The molecule has 0 aliphatic heterocycles. The summed E-state index contributed by atoms with van der Waals surface area (Å²) in [5, 5.41) is 2.34. The van der Waals surface area contributed by atoms with Crippen LogP contribution in [0.5, 0.6) is 0 Å². The molecule has 2 aromatic rings. The fourth-order valence-electron chi connectivity index (χ4n) is 2.23. The number of rotatable bonds is 4. The van der Waals surface area contributed by atoms with Crippen molar-refractivity contribution in [2.45, 2.75) is 13.1 Å². The van der Waals surface area contributed by atoms with Gasteiger partial charge in [0.1, 0.15) is 12.4 Å². The molecule has 0 aliphatic carbocycles. The van der Waals surface area contributed by atoms with Crippen LogP contribution in [-0.2, 0) is 15.8 Å². The Morgan fingerprint density at radius 3 is 2.36 bits per heavy atom.